The van der Waals surface area contributed by atoms with E-state index in [-0.39, 0.29) is 14.9 Å². The van der Waals surface area contributed by atoms with Crippen molar-refractivity contribution in [3.8, 4) is 5.75 Å². The van der Waals surface area contributed by atoms with Crippen molar-refractivity contribution in [3.63, 3.8) is 0 Å². The number of carbonyl (C=O) groups excluding carboxylic acids is 2. The highest BCUT2D eigenvalue weighted by Gasteiger charge is 2.20. The van der Waals surface area contributed by atoms with Crippen molar-refractivity contribution in [2.75, 3.05) is 6.61 Å². The van der Waals surface area contributed by atoms with E-state index < -0.39 is 31.6 Å². The summed E-state index contributed by atoms with van der Waals surface area (Å²) in [5.74, 6) is -1.05. The molecular weight excluding hydrogens is 545 g/mol. The van der Waals surface area contributed by atoms with E-state index >= 15 is 0 Å². The molecule has 1 rings (SSSR count). The summed E-state index contributed by atoms with van der Waals surface area (Å²) in [6.45, 7) is 3.88. The number of benzene rings is 1. The Morgan fingerprint density at radius 1 is 0.765 bits per heavy atom. The lowest BCUT2D eigenvalue weighted by Crippen LogP contribution is -2.28. The first-order valence-corrected chi connectivity index (χ1v) is 15.9. The molecule has 0 aromatic heterocycles. The van der Waals surface area contributed by atoms with Crippen LogP contribution in [0.25, 0.3) is 0 Å². The van der Waals surface area contributed by atoms with Crippen molar-refractivity contribution in [1.82, 2.24) is 5.32 Å². The maximum Gasteiger partial charge on any atom is 0.345 e. The van der Waals surface area contributed by atoms with Crippen LogP contribution in [0.5, 0.6) is 5.75 Å². The number of hydrogen-bond donors (Lipinski definition) is 1. The van der Waals surface area contributed by atoms with Crippen LogP contribution in [0.3, 0.4) is 0 Å². The first-order valence-electron chi connectivity index (χ1n) is 13.1. The van der Waals surface area contributed by atoms with E-state index in [1.807, 2.05) is 0 Å². The third-order valence-corrected chi connectivity index (χ3v) is 7.90. The summed E-state index contributed by atoms with van der Waals surface area (Å²) >= 11 is -3.99. The number of imide groups is 1. The molecule has 7 heteroatoms. The van der Waals surface area contributed by atoms with Crippen LogP contribution in [0.2, 0.25) is 0 Å². The summed E-state index contributed by atoms with van der Waals surface area (Å²) in [5, 5.41) is 2.12. The predicted molar refractivity (Wildman–Crippen MR) is 144 cm³/mol. The largest absolute Gasteiger partial charge is 0.492 e. The Bertz CT molecular complexity index is 783. The molecule has 0 bridgehead atoms. The summed E-state index contributed by atoms with van der Waals surface area (Å²) in [6, 6.07) is 4.53. The van der Waals surface area contributed by atoms with E-state index in [1.165, 1.54) is 96.5 Å². The molecule has 0 spiro atoms. The Hall–Kier alpha value is -1.51. The number of ether oxygens (including phenoxy) is 1. The van der Waals surface area contributed by atoms with Gasteiger partial charge in [0.1, 0.15) is 9.32 Å². The molecule has 2 amide bonds. The molecule has 34 heavy (non-hydrogen) atoms. The van der Waals surface area contributed by atoms with Gasteiger partial charge in [-0.2, -0.15) is 0 Å². The van der Waals surface area contributed by atoms with E-state index in [9.17, 15) is 15.7 Å². The van der Waals surface area contributed by atoms with Gasteiger partial charge in [0.25, 0.3) is 5.91 Å². The third kappa shape index (κ3) is 14.0. The molecule has 0 radical (unpaired) electrons. The van der Waals surface area contributed by atoms with Crippen LogP contribution in [-0.4, -0.2) is 18.4 Å². The zero-order chi connectivity index (χ0) is 25.0. The highest BCUT2D eigenvalue weighted by Crippen LogP contribution is 2.31. The van der Waals surface area contributed by atoms with Gasteiger partial charge in [-0.1, -0.05) is 109 Å². The fourth-order valence-electron chi connectivity index (χ4n) is 4.02. The molecule has 1 aromatic rings. The highest BCUT2D eigenvalue weighted by atomic mass is 127. The first-order chi connectivity index (χ1) is 16.5. The fraction of sp³-hybridized carbons (Fsp3) is 0.704. The van der Waals surface area contributed by atoms with Gasteiger partial charge < -0.3 is 4.74 Å². The van der Waals surface area contributed by atoms with Crippen molar-refractivity contribution in [2.45, 2.75) is 117 Å². The second kappa shape index (κ2) is 19.8. The number of unbranched alkanes of at least 4 members (excludes halogenated alkanes) is 15. The third-order valence-electron chi connectivity index (χ3n) is 5.91. The maximum absolute atomic E-state index is 12.1. The summed E-state index contributed by atoms with van der Waals surface area (Å²) in [6.07, 6.45) is 20.6. The van der Waals surface area contributed by atoms with E-state index in [0.717, 1.165) is 19.3 Å². The number of rotatable bonds is 20. The van der Waals surface area contributed by atoms with Gasteiger partial charge in [-0.25, -0.2) is 6.14 Å². The van der Waals surface area contributed by atoms with Gasteiger partial charge in [0.2, 0.25) is 5.91 Å². The monoisotopic (exact) mass is 589 g/mol. The minimum atomic E-state index is -3.99. The molecule has 6 nitrogen and oxygen atoms in total. The minimum Gasteiger partial charge on any atom is -0.492 e. The maximum atomic E-state index is 12.1. The first kappa shape index (κ1) is 30.5. The van der Waals surface area contributed by atoms with Crippen molar-refractivity contribution in [2.24, 2.45) is 0 Å². The highest BCUT2D eigenvalue weighted by molar-refractivity contribution is 14.2. The Morgan fingerprint density at radius 2 is 1.24 bits per heavy atom. The van der Waals surface area contributed by atoms with Gasteiger partial charge in [-0.05, 0) is 18.6 Å². The minimum absolute atomic E-state index is 0.0325. The molecule has 0 aliphatic carbocycles. The lowest BCUT2D eigenvalue weighted by atomic mass is 10.0. The fourth-order valence-corrected chi connectivity index (χ4v) is 5.69. The molecule has 0 saturated heterocycles. The van der Waals surface area contributed by atoms with Crippen molar-refractivity contribution in [1.29, 1.82) is 0 Å². The van der Waals surface area contributed by atoms with Gasteiger partial charge in [-0.15, -0.1) is 0 Å². The van der Waals surface area contributed by atoms with Crippen LogP contribution < -0.4 is 10.1 Å². The van der Waals surface area contributed by atoms with Gasteiger partial charge in [-0.3, -0.25) is 14.9 Å². The Balaban J connectivity index is 2.12. The van der Waals surface area contributed by atoms with Crippen molar-refractivity contribution >= 4 is 31.6 Å². The van der Waals surface area contributed by atoms with E-state index in [4.69, 9.17) is 4.74 Å². The zero-order valence-corrected chi connectivity index (χ0v) is 23.3. The standard InChI is InChI=1S/C27H44INO5/c1-3-4-5-6-7-8-9-10-11-12-13-14-15-16-17-18-22-34-25-21-19-20-24(26(25)28(32)33)27(31)29-23(2)30/h19-21H,3-18,22H2,1-2H3,(H,29,30,31). The van der Waals surface area contributed by atoms with Crippen LogP contribution in [0.1, 0.15) is 127 Å². The number of carbonyl (C=O) groups is 2. The van der Waals surface area contributed by atoms with Crippen molar-refractivity contribution < 1.29 is 20.5 Å². The average molecular weight is 590 g/mol. The van der Waals surface area contributed by atoms with Gasteiger partial charge in [0, 0.05) is 6.92 Å². The van der Waals surface area contributed by atoms with Crippen molar-refractivity contribution in [3.05, 3.63) is 27.3 Å². The number of nitrogens with one attached hydrogen (secondary N) is 1. The van der Waals surface area contributed by atoms with Crippen LogP contribution in [-0.2, 0) is 10.9 Å². The molecular formula is C27H44INO5. The van der Waals surface area contributed by atoms with Gasteiger partial charge in [0.05, 0.1) is 12.2 Å². The summed E-state index contributed by atoms with van der Waals surface area (Å²) in [4.78, 5) is 23.3. The van der Waals surface area contributed by atoms with E-state index in [2.05, 4.69) is 12.2 Å². The van der Waals surface area contributed by atoms with E-state index in [1.54, 1.807) is 12.1 Å². The quantitative estimate of drug-likeness (QED) is 0.123. The number of halogens is 1. The SMILES string of the molecule is CCCCCCCCCCCCCCCCCCOc1cccc(C(=O)NC(C)=O)c1I(=O)=O. The van der Waals surface area contributed by atoms with Gasteiger partial charge >= 0.3 is 19.8 Å². The topological polar surface area (TPSA) is 89.5 Å². The molecule has 0 saturated carbocycles. The molecule has 1 N–H and O–H groups in total. The molecule has 194 valence electrons. The smallest absolute Gasteiger partial charge is 0.345 e. The Morgan fingerprint density at radius 3 is 1.68 bits per heavy atom. The molecule has 0 aliphatic heterocycles. The summed E-state index contributed by atoms with van der Waals surface area (Å²) < 4.78 is 29.2. The normalized spacial score (nSPS) is 11.0. The second-order valence-electron chi connectivity index (χ2n) is 9.00. The predicted octanol–water partition coefficient (Wildman–Crippen LogP) is 7.97. The van der Waals surface area contributed by atoms with Gasteiger partial charge in [0.15, 0.2) is 0 Å². The molecule has 0 heterocycles. The number of amides is 2. The molecule has 0 unspecified atom stereocenters. The molecule has 0 fully saturated rings. The summed E-state index contributed by atoms with van der Waals surface area (Å²) in [5.41, 5.74) is -0.0325. The number of hydrogen-bond acceptors (Lipinski definition) is 5. The second-order valence-corrected chi connectivity index (χ2v) is 11.3. The molecule has 1 aromatic carbocycles. The zero-order valence-electron chi connectivity index (χ0n) is 21.2. The van der Waals surface area contributed by atoms with Crippen LogP contribution >= 0.6 is 19.8 Å². The summed E-state index contributed by atoms with van der Waals surface area (Å²) in [7, 11) is 0. The average Bonchev–Trinajstić information content (AvgIpc) is 2.80. The van der Waals surface area contributed by atoms with Crippen LogP contribution in [0.4, 0.5) is 0 Å². The molecule has 0 atom stereocenters. The van der Waals surface area contributed by atoms with Crippen LogP contribution in [0.15, 0.2) is 18.2 Å². The van der Waals surface area contributed by atoms with Crippen LogP contribution in [0, 0.1) is 3.57 Å². The molecule has 0 aliphatic rings. The lowest BCUT2D eigenvalue weighted by Gasteiger charge is -2.11. The Labute approximate surface area is 213 Å². The Kier molecular flexibility index (Phi) is 17.7. The lowest BCUT2D eigenvalue weighted by molar-refractivity contribution is -0.118. The van der Waals surface area contributed by atoms with E-state index in [0.29, 0.717) is 6.61 Å².